The van der Waals surface area contributed by atoms with Crippen molar-refractivity contribution >= 4 is 40.1 Å². The second-order valence-electron chi connectivity index (χ2n) is 5.53. The zero-order valence-corrected chi connectivity index (χ0v) is 14.0. The smallest absolute Gasteiger partial charge is 0.252 e. The summed E-state index contributed by atoms with van der Waals surface area (Å²) in [5.74, 6) is 1.24. The standard InChI is InChI=1S/C15H19ClINO/c1-11-6-8-15(10-16,9-7-11)18-14(19)12-4-2-3-5-13(12)17/h2-5,11H,6-10H2,1H3,(H,18,19). The molecule has 0 spiro atoms. The highest BCUT2D eigenvalue weighted by Crippen LogP contribution is 2.33. The summed E-state index contributed by atoms with van der Waals surface area (Å²) in [5.41, 5.74) is 0.524. The summed E-state index contributed by atoms with van der Waals surface area (Å²) in [6.45, 7) is 2.26. The fourth-order valence-corrected chi connectivity index (χ4v) is 3.53. The van der Waals surface area contributed by atoms with E-state index in [2.05, 4.69) is 34.8 Å². The van der Waals surface area contributed by atoms with Crippen LogP contribution in [-0.2, 0) is 0 Å². The van der Waals surface area contributed by atoms with Gasteiger partial charge in [-0.3, -0.25) is 4.79 Å². The second-order valence-corrected chi connectivity index (χ2v) is 6.96. The molecule has 0 unspecified atom stereocenters. The zero-order chi connectivity index (χ0) is 13.9. The monoisotopic (exact) mass is 391 g/mol. The largest absolute Gasteiger partial charge is 0.345 e. The van der Waals surface area contributed by atoms with Crippen LogP contribution in [0, 0.1) is 9.49 Å². The van der Waals surface area contributed by atoms with E-state index in [-0.39, 0.29) is 11.4 Å². The molecule has 1 aliphatic carbocycles. The molecule has 1 aliphatic rings. The average Bonchev–Trinajstić information content (AvgIpc) is 2.42. The van der Waals surface area contributed by atoms with Gasteiger partial charge in [0, 0.05) is 9.45 Å². The van der Waals surface area contributed by atoms with Crippen LogP contribution in [0.4, 0.5) is 0 Å². The van der Waals surface area contributed by atoms with E-state index in [1.165, 1.54) is 0 Å². The van der Waals surface area contributed by atoms with E-state index < -0.39 is 0 Å². The van der Waals surface area contributed by atoms with Gasteiger partial charge in [-0.25, -0.2) is 0 Å². The number of benzene rings is 1. The van der Waals surface area contributed by atoms with Gasteiger partial charge in [0.25, 0.3) is 5.91 Å². The summed E-state index contributed by atoms with van der Waals surface area (Å²) in [7, 11) is 0. The summed E-state index contributed by atoms with van der Waals surface area (Å²) in [5, 5.41) is 3.18. The molecule has 1 fully saturated rings. The predicted molar refractivity (Wildman–Crippen MR) is 87.7 cm³/mol. The molecule has 0 saturated heterocycles. The van der Waals surface area contributed by atoms with E-state index in [0.29, 0.717) is 5.88 Å². The second kappa shape index (κ2) is 6.44. The number of halogens is 2. The van der Waals surface area contributed by atoms with Gasteiger partial charge < -0.3 is 5.32 Å². The van der Waals surface area contributed by atoms with Crippen LogP contribution in [0.5, 0.6) is 0 Å². The van der Waals surface area contributed by atoms with Crippen molar-refractivity contribution < 1.29 is 4.79 Å². The van der Waals surface area contributed by atoms with Crippen LogP contribution in [0.2, 0.25) is 0 Å². The molecule has 1 N–H and O–H groups in total. The normalized spacial score (nSPS) is 27.0. The zero-order valence-electron chi connectivity index (χ0n) is 11.1. The van der Waals surface area contributed by atoms with Gasteiger partial charge in [0.2, 0.25) is 0 Å². The molecule has 2 nitrogen and oxygen atoms in total. The predicted octanol–water partition coefficient (Wildman–Crippen LogP) is 4.21. The molecule has 19 heavy (non-hydrogen) atoms. The lowest BCUT2D eigenvalue weighted by Crippen LogP contribution is -2.52. The third kappa shape index (κ3) is 3.63. The van der Waals surface area contributed by atoms with Crippen molar-refractivity contribution in [2.24, 2.45) is 5.92 Å². The lowest BCUT2D eigenvalue weighted by molar-refractivity contribution is 0.0871. The minimum atomic E-state index is -0.218. The number of hydrogen-bond acceptors (Lipinski definition) is 1. The van der Waals surface area contributed by atoms with Crippen LogP contribution < -0.4 is 5.32 Å². The number of carbonyl (C=O) groups is 1. The molecule has 104 valence electrons. The van der Waals surface area contributed by atoms with Crippen molar-refractivity contribution in [3.05, 3.63) is 33.4 Å². The molecule has 1 aromatic rings. The van der Waals surface area contributed by atoms with Crippen molar-refractivity contribution in [2.45, 2.75) is 38.1 Å². The number of carbonyl (C=O) groups excluding carboxylic acids is 1. The van der Waals surface area contributed by atoms with E-state index >= 15 is 0 Å². The lowest BCUT2D eigenvalue weighted by Gasteiger charge is -2.38. The van der Waals surface area contributed by atoms with E-state index in [1.54, 1.807) is 0 Å². The molecule has 2 rings (SSSR count). The third-order valence-electron chi connectivity index (χ3n) is 3.98. The first-order chi connectivity index (χ1) is 9.06. The van der Waals surface area contributed by atoms with Gasteiger partial charge in [0.1, 0.15) is 0 Å². The minimum absolute atomic E-state index is 0.000188. The van der Waals surface area contributed by atoms with Crippen LogP contribution >= 0.6 is 34.2 Å². The molecule has 4 heteroatoms. The van der Waals surface area contributed by atoms with Crippen LogP contribution in [0.1, 0.15) is 43.0 Å². The van der Waals surface area contributed by atoms with Gasteiger partial charge in [-0.1, -0.05) is 19.1 Å². The Morgan fingerprint density at radius 3 is 2.63 bits per heavy atom. The van der Waals surface area contributed by atoms with Crippen molar-refractivity contribution in [3.63, 3.8) is 0 Å². The Morgan fingerprint density at radius 2 is 2.05 bits per heavy atom. The molecule has 1 saturated carbocycles. The van der Waals surface area contributed by atoms with E-state index in [0.717, 1.165) is 40.7 Å². The molecule has 0 aliphatic heterocycles. The molecule has 0 aromatic heterocycles. The van der Waals surface area contributed by atoms with Crippen molar-refractivity contribution in [2.75, 3.05) is 5.88 Å². The molecular weight excluding hydrogens is 373 g/mol. The quantitative estimate of drug-likeness (QED) is 0.607. The Bertz CT molecular complexity index is 455. The average molecular weight is 392 g/mol. The fraction of sp³-hybridized carbons (Fsp3) is 0.533. The first kappa shape index (κ1) is 15.1. The van der Waals surface area contributed by atoms with Gasteiger partial charge in [-0.2, -0.15) is 0 Å². The summed E-state index contributed by atoms with van der Waals surface area (Å²) >= 11 is 8.34. The highest BCUT2D eigenvalue weighted by molar-refractivity contribution is 14.1. The molecule has 1 amide bonds. The number of rotatable bonds is 3. The van der Waals surface area contributed by atoms with Gasteiger partial charge in [0.15, 0.2) is 0 Å². The maximum atomic E-state index is 12.4. The highest BCUT2D eigenvalue weighted by Gasteiger charge is 2.35. The summed E-state index contributed by atoms with van der Waals surface area (Å²) in [6.07, 6.45) is 4.23. The van der Waals surface area contributed by atoms with Crippen LogP contribution in [0.3, 0.4) is 0 Å². The first-order valence-corrected chi connectivity index (χ1v) is 8.31. The van der Waals surface area contributed by atoms with Gasteiger partial charge in [-0.05, 0) is 66.3 Å². The van der Waals surface area contributed by atoms with Crippen LogP contribution in [0.25, 0.3) is 0 Å². The first-order valence-electron chi connectivity index (χ1n) is 6.69. The molecule has 0 bridgehead atoms. The molecule has 0 heterocycles. The Balaban J connectivity index is 2.11. The highest BCUT2D eigenvalue weighted by atomic mass is 127. The Kier molecular flexibility index (Phi) is 5.12. The molecule has 1 aromatic carbocycles. The van der Waals surface area contributed by atoms with E-state index in [1.807, 2.05) is 24.3 Å². The summed E-state index contributed by atoms with van der Waals surface area (Å²) < 4.78 is 0.978. The van der Waals surface area contributed by atoms with Crippen molar-refractivity contribution in [1.29, 1.82) is 0 Å². The molecular formula is C15H19ClINO. The maximum absolute atomic E-state index is 12.4. The molecule has 0 radical (unpaired) electrons. The maximum Gasteiger partial charge on any atom is 0.252 e. The van der Waals surface area contributed by atoms with Crippen molar-refractivity contribution in [3.8, 4) is 0 Å². The Labute approximate surface area is 133 Å². The summed E-state index contributed by atoms with van der Waals surface area (Å²) in [4.78, 5) is 12.4. The van der Waals surface area contributed by atoms with Gasteiger partial charge in [-0.15, -0.1) is 11.6 Å². The van der Waals surface area contributed by atoms with Crippen molar-refractivity contribution in [1.82, 2.24) is 5.32 Å². The third-order valence-corrected chi connectivity index (χ3v) is 5.44. The lowest BCUT2D eigenvalue weighted by atomic mass is 9.78. The number of alkyl halides is 1. The van der Waals surface area contributed by atoms with Crippen LogP contribution in [0.15, 0.2) is 24.3 Å². The minimum Gasteiger partial charge on any atom is -0.345 e. The van der Waals surface area contributed by atoms with Gasteiger partial charge in [0.05, 0.1) is 11.1 Å². The number of hydrogen-bond donors (Lipinski definition) is 1. The van der Waals surface area contributed by atoms with Crippen LogP contribution in [-0.4, -0.2) is 17.3 Å². The SMILES string of the molecule is CC1CCC(CCl)(NC(=O)c2ccccc2I)CC1. The Hall–Kier alpha value is -0.290. The number of nitrogens with one attached hydrogen (secondary N) is 1. The van der Waals surface area contributed by atoms with E-state index in [9.17, 15) is 4.79 Å². The number of amides is 1. The fourth-order valence-electron chi connectivity index (χ4n) is 2.56. The van der Waals surface area contributed by atoms with Gasteiger partial charge >= 0.3 is 0 Å². The Morgan fingerprint density at radius 1 is 1.42 bits per heavy atom. The molecule has 0 atom stereocenters. The summed E-state index contributed by atoms with van der Waals surface area (Å²) in [6, 6.07) is 7.65. The topological polar surface area (TPSA) is 29.1 Å². The van der Waals surface area contributed by atoms with E-state index in [4.69, 9.17) is 11.6 Å².